The fourth-order valence-electron chi connectivity index (χ4n) is 3.47. The van der Waals surface area contributed by atoms with Crippen molar-refractivity contribution in [3.8, 4) is 0 Å². The molecule has 0 saturated heterocycles. The fraction of sp³-hybridized carbons (Fsp3) is 0.0800. The summed E-state index contributed by atoms with van der Waals surface area (Å²) < 4.78 is 0. The molecule has 0 atom stereocenters. The van der Waals surface area contributed by atoms with Crippen LogP contribution < -0.4 is 16.2 Å². The van der Waals surface area contributed by atoms with E-state index in [2.05, 4.69) is 15.6 Å². The number of benzene rings is 3. The number of pyridine rings is 1. The molecular weight excluding hydrogens is 390 g/mol. The lowest BCUT2D eigenvalue weighted by Crippen LogP contribution is -2.26. The summed E-state index contributed by atoms with van der Waals surface area (Å²) in [5.41, 5.74) is 1.45. The van der Waals surface area contributed by atoms with Gasteiger partial charge in [0.05, 0.1) is 17.6 Å². The van der Waals surface area contributed by atoms with Gasteiger partial charge >= 0.3 is 0 Å². The monoisotopic (exact) mass is 411 g/mol. The molecule has 4 rings (SSSR count). The van der Waals surface area contributed by atoms with Crippen molar-refractivity contribution in [1.29, 1.82) is 0 Å². The highest BCUT2D eigenvalue weighted by Gasteiger charge is 2.14. The van der Waals surface area contributed by atoms with Crippen LogP contribution >= 0.6 is 0 Å². The summed E-state index contributed by atoms with van der Waals surface area (Å²) in [6.45, 7) is 1.76. The highest BCUT2D eigenvalue weighted by Crippen LogP contribution is 2.22. The van der Waals surface area contributed by atoms with Gasteiger partial charge in [0.25, 0.3) is 11.5 Å². The second-order valence-corrected chi connectivity index (χ2v) is 7.16. The lowest BCUT2D eigenvalue weighted by atomic mass is 10.0. The first-order chi connectivity index (χ1) is 15.0. The lowest BCUT2D eigenvalue weighted by molar-refractivity contribution is -0.115. The smallest absolute Gasteiger partial charge is 0.261 e. The standard InChI is InChI=1S/C25H21N3O3/c1-2-12-26-24(30)20-15-19-21(8-5-9-22(19)28-25(20)31)27-23(29)14-16-10-11-17-6-3-4-7-18(17)13-16/h2-13,15H,14H2,1H3,(H,26,30)(H,27,29)(H,28,31)/b12-2+. The van der Waals surface area contributed by atoms with Gasteiger partial charge in [0.2, 0.25) is 5.91 Å². The third-order valence-corrected chi connectivity index (χ3v) is 4.97. The number of fused-ring (bicyclic) bond motifs is 2. The molecule has 0 saturated carbocycles. The van der Waals surface area contributed by atoms with Crippen molar-refractivity contribution in [2.75, 3.05) is 5.32 Å². The molecular formula is C25H21N3O3. The molecule has 6 heteroatoms. The maximum atomic E-state index is 12.7. The molecule has 154 valence electrons. The molecule has 0 radical (unpaired) electrons. The number of allylic oxidation sites excluding steroid dienone is 1. The highest BCUT2D eigenvalue weighted by atomic mass is 16.2. The third-order valence-electron chi connectivity index (χ3n) is 4.97. The van der Waals surface area contributed by atoms with Crippen molar-refractivity contribution in [2.45, 2.75) is 13.3 Å². The Bertz CT molecular complexity index is 1390. The van der Waals surface area contributed by atoms with Gasteiger partial charge in [-0.1, -0.05) is 54.6 Å². The largest absolute Gasteiger partial charge is 0.329 e. The Kier molecular flexibility index (Phi) is 5.62. The summed E-state index contributed by atoms with van der Waals surface area (Å²) in [7, 11) is 0. The van der Waals surface area contributed by atoms with Crippen molar-refractivity contribution >= 4 is 39.2 Å². The fourth-order valence-corrected chi connectivity index (χ4v) is 3.47. The van der Waals surface area contributed by atoms with E-state index in [1.54, 1.807) is 31.2 Å². The molecule has 0 bridgehead atoms. The minimum atomic E-state index is -0.515. The topological polar surface area (TPSA) is 91.1 Å². The van der Waals surface area contributed by atoms with E-state index in [1.807, 2.05) is 42.5 Å². The number of hydrogen-bond acceptors (Lipinski definition) is 3. The molecule has 31 heavy (non-hydrogen) atoms. The molecule has 6 nitrogen and oxygen atoms in total. The number of nitrogens with one attached hydrogen (secondary N) is 3. The molecule has 4 aromatic rings. The Morgan fingerprint density at radius 2 is 1.77 bits per heavy atom. The summed E-state index contributed by atoms with van der Waals surface area (Å²) in [6.07, 6.45) is 3.33. The summed E-state index contributed by atoms with van der Waals surface area (Å²) >= 11 is 0. The zero-order valence-electron chi connectivity index (χ0n) is 16.9. The number of H-pyrrole nitrogens is 1. The van der Waals surface area contributed by atoms with Gasteiger partial charge in [-0.2, -0.15) is 0 Å². The van der Waals surface area contributed by atoms with Gasteiger partial charge in [0, 0.05) is 5.39 Å². The van der Waals surface area contributed by atoms with Crippen molar-refractivity contribution in [2.24, 2.45) is 0 Å². The van der Waals surface area contributed by atoms with Gasteiger partial charge in [-0.15, -0.1) is 0 Å². The average Bonchev–Trinajstić information content (AvgIpc) is 2.77. The van der Waals surface area contributed by atoms with Crippen LogP contribution in [0.3, 0.4) is 0 Å². The van der Waals surface area contributed by atoms with Crippen molar-refractivity contribution < 1.29 is 9.59 Å². The normalized spacial score (nSPS) is 11.1. The third kappa shape index (κ3) is 4.38. The van der Waals surface area contributed by atoms with Crippen LogP contribution in [0, 0.1) is 0 Å². The van der Waals surface area contributed by atoms with Crippen LogP contribution in [0.15, 0.2) is 83.8 Å². The quantitative estimate of drug-likeness (QED) is 0.461. The van der Waals surface area contributed by atoms with Crippen LogP contribution in [0.5, 0.6) is 0 Å². The maximum absolute atomic E-state index is 12.7. The second-order valence-electron chi connectivity index (χ2n) is 7.16. The number of carbonyl (C=O) groups is 2. The molecule has 0 aliphatic rings. The molecule has 1 heterocycles. The van der Waals surface area contributed by atoms with E-state index >= 15 is 0 Å². The molecule has 1 aromatic heterocycles. The number of aromatic nitrogens is 1. The minimum Gasteiger partial charge on any atom is -0.329 e. The number of anilines is 1. The predicted octanol–water partition coefficient (Wildman–Crippen LogP) is 4.13. The van der Waals surface area contributed by atoms with Gasteiger partial charge in [-0.25, -0.2) is 0 Å². The van der Waals surface area contributed by atoms with Gasteiger partial charge in [-0.05, 0) is 47.7 Å². The highest BCUT2D eigenvalue weighted by molar-refractivity contribution is 6.05. The molecule has 0 unspecified atom stereocenters. The van der Waals surface area contributed by atoms with Crippen LogP contribution in [-0.2, 0) is 11.2 Å². The van der Waals surface area contributed by atoms with E-state index in [9.17, 15) is 14.4 Å². The first kappa shape index (κ1) is 20.1. The Morgan fingerprint density at radius 1 is 0.968 bits per heavy atom. The van der Waals surface area contributed by atoms with Crippen molar-refractivity contribution in [3.05, 3.63) is 100 Å². The second kappa shape index (κ2) is 8.67. The Balaban J connectivity index is 1.61. The van der Waals surface area contributed by atoms with E-state index in [0.717, 1.165) is 16.3 Å². The maximum Gasteiger partial charge on any atom is 0.261 e. The zero-order valence-corrected chi connectivity index (χ0v) is 16.9. The molecule has 0 aliphatic heterocycles. The number of rotatable bonds is 5. The molecule has 0 spiro atoms. The molecule has 0 aliphatic carbocycles. The minimum absolute atomic E-state index is 0.0261. The van der Waals surface area contributed by atoms with Gasteiger partial charge < -0.3 is 15.6 Å². The molecule has 2 amide bonds. The average molecular weight is 411 g/mol. The number of hydrogen-bond donors (Lipinski definition) is 3. The Labute approximate surface area is 178 Å². The van der Waals surface area contributed by atoms with Gasteiger partial charge in [0.1, 0.15) is 5.56 Å². The van der Waals surface area contributed by atoms with Crippen LogP contribution in [0.1, 0.15) is 22.8 Å². The van der Waals surface area contributed by atoms with Crippen LogP contribution in [0.25, 0.3) is 21.7 Å². The summed E-state index contributed by atoms with van der Waals surface area (Å²) in [6, 6.07) is 20.6. The van der Waals surface area contributed by atoms with E-state index < -0.39 is 11.5 Å². The van der Waals surface area contributed by atoms with Crippen LogP contribution in [-0.4, -0.2) is 16.8 Å². The van der Waals surface area contributed by atoms with Gasteiger partial charge in [-0.3, -0.25) is 14.4 Å². The number of amides is 2. The van der Waals surface area contributed by atoms with E-state index in [1.165, 1.54) is 12.3 Å². The summed E-state index contributed by atoms with van der Waals surface area (Å²) in [5, 5.41) is 8.22. The van der Waals surface area contributed by atoms with E-state index in [-0.39, 0.29) is 17.9 Å². The van der Waals surface area contributed by atoms with Gasteiger partial charge in [0.15, 0.2) is 0 Å². The molecule has 0 fully saturated rings. The van der Waals surface area contributed by atoms with Crippen molar-refractivity contribution in [3.63, 3.8) is 0 Å². The van der Waals surface area contributed by atoms with Crippen molar-refractivity contribution in [1.82, 2.24) is 10.3 Å². The predicted molar refractivity (Wildman–Crippen MR) is 123 cm³/mol. The number of carbonyl (C=O) groups excluding carboxylic acids is 2. The first-order valence-electron chi connectivity index (χ1n) is 9.91. The summed E-state index contributed by atoms with van der Waals surface area (Å²) in [4.78, 5) is 40.0. The van der Waals surface area contributed by atoms with Crippen LogP contribution in [0.2, 0.25) is 0 Å². The molecule has 3 aromatic carbocycles. The van der Waals surface area contributed by atoms with Crippen LogP contribution in [0.4, 0.5) is 5.69 Å². The molecule has 3 N–H and O–H groups in total. The van der Waals surface area contributed by atoms with E-state index in [4.69, 9.17) is 0 Å². The Hall–Kier alpha value is -4.19. The lowest BCUT2D eigenvalue weighted by Gasteiger charge is -2.10. The SMILES string of the molecule is C/C=C/NC(=O)c1cc2c(NC(=O)Cc3ccc4ccccc4c3)cccc2[nH]c1=O. The number of aromatic amines is 1. The first-order valence-corrected chi connectivity index (χ1v) is 9.91. The van der Waals surface area contributed by atoms with E-state index in [0.29, 0.717) is 16.6 Å². The Morgan fingerprint density at radius 3 is 2.58 bits per heavy atom. The summed E-state index contributed by atoms with van der Waals surface area (Å²) in [5.74, 6) is -0.701. The zero-order chi connectivity index (χ0) is 21.8.